The Morgan fingerprint density at radius 1 is 1.27 bits per heavy atom. The van der Waals surface area contributed by atoms with Gasteiger partial charge in [0.2, 0.25) is 5.91 Å². The maximum atomic E-state index is 12.5. The number of hydrogen-bond acceptors (Lipinski definition) is 2. The lowest BCUT2D eigenvalue weighted by atomic mass is 9.70. The Balaban J connectivity index is 1.55. The molecule has 0 spiro atoms. The summed E-state index contributed by atoms with van der Waals surface area (Å²) < 4.78 is 0. The predicted octanol–water partition coefficient (Wildman–Crippen LogP) is 3.04. The van der Waals surface area contributed by atoms with Crippen molar-refractivity contribution in [2.24, 2.45) is 5.92 Å². The molecule has 4 heteroatoms. The van der Waals surface area contributed by atoms with Crippen LogP contribution in [0.5, 0.6) is 0 Å². The normalized spacial score (nSPS) is 30.9. The van der Waals surface area contributed by atoms with Crippen LogP contribution in [0.25, 0.3) is 0 Å². The maximum absolute atomic E-state index is 12.5. The van der Waals surface area contributed by atoms with Gasteiger partial charge in [0.05, 0.1) is 0 Å². The molecule has 3 rings (SSSR count). The molecule has 2 fully saturated rings. The molecule has 1 aliphatic heterocycles. The quantitative estimate of drug-likeness (QED) is 0.930. The Morgan fingerprint density at radius 3 is 2.59 bits per heavy atom. The first-order chi connectivity index (χ1) is 10.5. The van der Waals surface area contributed by atoms with Crippen LogP contribution in [0.15, 0.2) is 30.3 Å². The van der Waals surface area contributed by atoms with Crippen molar-refractivity contribution in [2.75, 3.05) is 6.54 Å². The second kappa shape index (κ2) is 5.75. The van der Waals surface area contributed by atoms with Gasteiger partial charge in [0.25, 0.3) is 0 Å². The van der Waals surface area contributed by atoms with Crippen molar-refractivity contribution < 1.29 is 14.7 Å². The number of carboxylic acid groups (broad SMARTS) is 1. The number of carbonyl (C=O) groups excluding carboxylic acids is 1. The van der Waals surface area contributed by atoms with Crippen LogP contribution in [0.3, 0.4) is 0 Å². The Bertz CT molecular complexity index is 565. The molecule has 0 radical (unpaired) electrons. The Hall–Kier alpha value is -1.84. The van der Waals surface area contributed by atoms with Crippen molar-refractivity contribution in [3.8, 4) is 0 Å². The first-order valence-electron chi connectivity index (χ1n) is 8.09. The fourth-order valence-electron chi connectivity index (χ4n) is 3.84. The van der Waals surface area contributed by atoms with Crippen LogP contribution in [0.4, 0.5) is 0 Å². The highest BCUT2D eigenvalue weighted by Crippen LogP contribution is 2.44. The number of nitrogens with zero attached hydrogens (tertiary/aromatic N) is 1. The lowest BCUT2D eigenvalue weighted by Gasteiger charge is -2.38. The van der Waals surface area contributed by atoms with Crippen LogP contribution in [-0.2, 0) is 9.59 Å². The van der Waals surface area contributed by atoms with E-state index >= 15 is 0 Å². The summed E-state index contributed by atoms with van der Waals surface area (Å²) in [6.07, 6.45) is 3.91. The standard InChI is InChI=1S/C18H23NO3/c1-18(17(21)22)8-5-9-19(18)16(20)12-13-10-15(11-13)14-6-3-2-4-7-14/h2-4,6-7,13,15H,5,8-12H2,1H3,(H,21,22). The number of amides is 1. The molecule has 1 aliphatic carbocycles. The van der Waals surface area contributed by atoms with E-state index in [-0.39, 0.29) is 5.91 Å². The number of carboxylic acids is 1. The van der Waals surface area contributed by atoms with Gasteiger partial charge in [0.15, 0.2) is 0 Å². The fourth-order valence-corrected chi connectivity index (χ4v) is 3.84. The van der Waals surface area contributed by atoms with E-state index in [1.807, 2.05) is 6.07 Å². The van der Waals surface area contributed by atoms with Gasteiger partial charge in [-0.3, -0.25) is 4.79 Å². The summed E-state index contributed by atoms with van der Waals surface area (Å²) in [4.78, 5) is 25.5. The van der Waals surface area contributed by atoms with Gasteiger partial charge < -0.3 is 10.0 Å². The van der Waals surface area contributed by atoms with E-state index in [9.17, 15) is 14.7 Å². The minimum Gasteiger partial charge on any atom is -0.480 e. The smallest absolute Gasteiger partial charge is 0.329 e. The second-order valence-electron chi connectivity index (χ2n) is 6.88. The average molecular weight is 301 g/mol. The predicted molar refractivity (Wildman–Crippen MR) is 83.5 cm³/mol. The summed E-state index contributed by atoms with van der Waals surface area (Å²) in [5, 5.41) is 9.39. The molecule has 22 heavy (non-hydrogen) atoms. The van der Waals surface area contributed by atoms with Gasteiger partial charge in [-0.15, -0.1) is 0 Å². The largest absolute Gasteiger partial charge is 0.480 e. The molecule has 118 valence electrons. The van der Waals surface area contributed by atoms with E-state index in [4.69, 9.17) is 0 Å². The number of rotatable bonds is 4. The zero-order valence-corrected chi connectivity index (χ0v) is 13.0. The van der Waals surface area contributed by atoms with E-state index in [1.165, 1.54) is 5.56 Å². The number of benzene rings is 1. The van der Waals surface area contributed by atoms with E-state index in [1.54, 1.807) is 11.8 Å². The zero-order chi connectivity index (χ0) is 15.7. The lowest BCUT2D eigenvalue weighted by Crippen LogP contribution is -2.51. The lowest BCUT2D eigenvalue weighted by molar-refractivity contribution is -0.156. The minimum atomic E-state index is -1.00. The molecule has 1 aromatic carbocycles. The molecular weight excluding hydrogens is 278 g/mol. The van der Waals surface area contributed by atoms with Crippen molar-refractivity contribution in [2.45, 2.75) is 50.5 Å². The summed E-state index contributed by atoms with van der Waals surface area (Å²) in [6.45, 7) is 2.25. The van der Waals surface area contributed by atoms with Crippen molar-refractivity contribution in [1.82, 2.24) is 4.90 Å². The SMILES string of the molecule is CC1(C(=O)O)CCCN1C(=O)CC1CC(c2ccccc2)C1. The third-order valence-corrected chi connectivity index (χ3v) is 5.37. The maximum Gasteiger partial charge on any atom is 0.329 e. The van der Waals surface area contributed by atoms with Crippen LogP contribution in [0, 0.1) is 5.92 Å². The average Bonchev–Trinajstić information content (AvgIpc) is 2.86. The number of aliphatic carboxylic acids is 1. The summed E-state index contributed by atoms with van der Waals surface area (Å²) >= 11 is 0. The molecule has 1 saturated heterocycles. The van der Waals surface area contributed by atoms with Gasteiger partial charge in [0, 0.05) is 13.0 Å². The molecule has 2 aliphatic rings. The van der Waals surface area contributed by atoms with Crippen molar-refractivity contribution >= 4 is 11.9 Å². The van der Waals surface area contributed by atoms with Gasteiger partial charge in [0.1, 0.15) is 5.54 Å². The number of likely N-dealkylation sites (tertiary alicyclic amines) is 1. The summed E-state index contributed by atoms with van der Waals surface area (Å²) in [5.41, 5.74) is 0.349. The number of hydrogen-bond donors (Lipinski definition) is 1. The zero-order valence-electron chi connectivity index (χ0n) is 13.0. The van der Waals surface area contributed by atoms with Crippen LogP contribution in [0.2, 0.25) is 0 Å². The van der Waals surface area contributed by atoms with Crippen molar-refractivity contribution in [3.05, 3.63) is 35.9 Å². The molecular formula is C18H23NO3. The Morgan fingerprint density at radius 2 is 1.95 bits per heavy atom. The molecule has 1 unspecified atom stereocenters. The van der Waals surface area contributed by atoms with E-state index < -0.39 is 11.5 Å². The molecule has 1 heterocycles. The first-order valence-corrected chi connectivity index (χ1v) is 8.09. The van der Waals surface area contributed by atoms with Gasteiger partial charge in [-0.2, -0.15) is 0 Å². The monoisotopic (exact) mass is 301 g/mol. The summed E-state index contributed by atoms with van der Waals surface area (Å²) in [6, 6.07) is 10.4. The second-order valence-corrected chi connectivity index (χ2v) is 6.88. The van der Waals surface area contributed by atoms with Crippen LogP contribution < -0.4 is 0 Å². The van der Waals surface area contributed by atoms with E-state index in [2.05, 4.69) is 24.3 Å². The van der Waals surface area contributed by atoms with Gasteiger partial charge >= 0.3 is 5.97 Å². The highest BCUT2D eigenvalue weighted by atomic mass is 16.4. The molecule has 1 N–H and O–H groups in total. The molecule has 0 aromatic heterocycles. The number of carbonyl (C=O) groups is 2. The molecule has 0 bridgehead atoms. The Kier molecular flexibility index (Phi) is 3.94. The van der Waals surface area contributed by atoms with Gasteiger partial charge in [-0.1, -0.05) is 30.3 Å². The summed E-state index contributed by atoms with van der Waals surface area (Å²) in [5.74, 6) is 0.0906. The van der Waals surface area contributed by atoms with E-state index in [0.717, 1.165) is 19.3 Å². The fraction of sp³-hybridized carbons (Fsp3) is 0.556. The molecule has 1 aromatic rings. The highest BCUT2D eigenvalue weighted by molar-refractivity contribution is 5.87. The Labute approximate surface area is 131 Å². The third kappa shape index (κ3) is 2.62. The molecule has 4 nitrogen and oxygen atoms in total. The minimum absolute atomic E-state index is 0.0129. The van der Waals surface area contributed by atoms with E-state index in [0.29, 0.717) is 31.2 Å². The molecule has 1 amide bonds. The van der Waals surface area contributed by atoms with Crippen molar-refractivity contribution in [3.63, 3.8) is 0 Å². The van der Waals surface area contributed by atoms with Gasteiger partial charge in [-0.25, -0.2) is 4.79 Å². The van der Waals surface area contributed by atoms with Crippen molar-refractivity contribution in [1.29, 1.82) is 0 Å². The van der Waals surface area contributed by atoms with Crippen LogP contribution in [0.1, 0.15) is 50.5 Å². The van der Waals surface area contributed by atoms with Crippen LogP contribution >= 0.6 is 0 Å². The highest BCUT2D eigenvalue weighted by Gasteiger charge is 2.46. The van der Waals surface area contributed by atoms with Gasteiger partial charge in [-0.05, 0) is 50.0 Å². The molecule has 1 saturated carbocycles. The topological polar surface area (TPSA) is 57.6 Å². The third-order valence-electron chi connectivity index (χ3n) is 5.37. The van der Waals surface area contributed by atoms with Crippen LogP contribution in [-0.4, -0.2) is 34.0 Å². The first kappa shape index (κ1) is 15.1. The molecule has 1 atom stereocenters. The summed E-state index contributed by atoms with van der Waals surface area (Å²) in [7, 11) is 0.